The molecule has 0 saturated carbocycles. The maximum atomic E-state index is 8.64. The van der Waals surface area contributed by atoms with E-state index in [2.05, 4.69) is 12.2 Å². The molecule has 90 valence electrons. The zero-order valence-electron chi connectivity index (χ0n) is 9.50. The molecule has 0 radical (unpaired) electrons. The van der Waals surface area contributed by atoms with Crippen molar-refractivity contribution in [1.29, 1.82) is 0 Å². The third kappa shape index (κ3) is 4.39. The lowest BCUT2D eigenvalue weighted by molar-refractivity contribution is 0.201. The summed E-state index contributed by atoms with van der Waals surface area (Å²) < 4.78 is 5.26. The Kier molecular flexibility index (Phi) is 6.23. The van der Waals surface area contributed by atoms with Crippen LogP contribution in [-0.2, 0) is 6.54 Å². The van der Waals surface area contributed by atoms with Crippen LogP contribution in [0.1, 0.15) is 18.9 Å². The van der Waals surface area contributed by atoms with E-state index in [1.54, 1.807) is 0 Å². The molecule has 0 heterocycles. The van der Waals surface area contributed by atoms with E-state index in [1.165, 1.54) is 0 Å². The molecule has 0 aliphatic heterocycles. The molecule has 0 aromatic heterocycles. The molecule has 1 aromatic carbocycles. The highest BCUT2D eigenvalue weighted by Gasteiger charge is 2.02. The van der Waals surface area contributed by atoms with Crippen LogP contribution >= 0.6 is 11.6 Å². The van der Waals surface area contributed by atoms with E-state index in [9.17, 15) is 0 Å². The summed E-state index contributed by atoms with van der Waals surface area (Å²) in [4.78, 5) is 0. The minimum Gasteiger partial charge on any atom is -0.490 e. The van der Waals surface area contributed by atoms with Gasteiger partial charge in [0.15, 0.2) is 0 Å². The monoisotopic (exact) mass is 243 g/mol. The molecule has 2 N–H and O–H groups in total. The third-order valence-electron chi connectivity index (χ3n) is 2.10. The van der Waals surface area contributed by atoms with Gasteiger partial charge in [0.05, 0.1) is 11.6 Å². The molecule has 16 heavy (non-hydrogen) atoms. The molecule has 1 rings (SSSR count). The van der Waals surface area contributed by atoms with E-state index >= 15 is 0 Å². The number of aliphatic hydroxyl groups excluding tert-OH is 1. The first-order valence-corrected chi connectivity index (χ1v) is 5.88. The minimum atomic E-state index is -0.00383. The van der Waals surface area contributed by atoms with E-state index < -0.39 is 0 Å². The van der Waals surface area contributed by atoms with Crippen LogP contribution in [0.4, 0.5) is 0 Å². The average molecular weight is 244 g/mol. The first kappa shape index (κ1) is 13.3. The minimum absolute atomic E-state index is 0.00383. The molecule has 0 atom stereocenters. The molecular formula is C12H18ClNO2. The Labute approximate surface area is 101 Å². The van der Waals surface area contributed by atoms with E-state index in [1.807, 2.05) is 18.2 Å². The molecule has 0 unspecified atom stereocenters. The van der Waals surface area contributed by atoms with Gasteiger partial charge in [-0.3, -0.25) is 0 Å². The van der Waals surface area contributed by atoms with Crippen molar-refractivity contribution in [3.63, 3.8) is 0 Å². The zero-order valence-corrected chi connectivity index (χ0v) is 10.3. The summed E-state index contributed by atoms with van der Waals surface area (Å²) in [7, 11) is 0. The number of halogens is 1. The topological polar surface area (TPSA) is 41.5 Å². The fourth-order valence-corrected chi connectivity index (χ4v) is 1.59. The molecule has 0 amide bonds. The van der Waals surface area contributed by atoms with Gasteiger partial charge in [-0.1, -0.05) is 24.6 Å². The Morgan fingerprint density at radius 2 is 2.25 bits per heavy atom. The normalized spacial score (nSPS) is 10.4. The molecule has 0 aliphatic carbocycles. The number of hydrogen-bond acceptors (Lipinski definition) is 3. The van der Waals surface area contributed by atoms with Gasteiger partial charge < -0.3 is 15.2 Å². The van der Waals surface area contributed by atoms with Crippen LogP contribution in [-0.4, -0.2) is 24.9 Å². The predicted octanol–water partition coefficient (Wildman–Crippen LogP) is 2.21. The number of aliphatic hydroxyl groups is 1. The highest BCUT2D eigenvalue weighted by molar-refractivity contribution is 6.32. The largest absolute Gasteiger partial charge is 0.490 e. The van der Waals surface area contributed by atoms with Gasteiger partial charge in [-0.2, -0.15) is 0 Å². The number of hydrogen-bond donors (Lipinski definition) is 2. The van der Waals surface area contributed by atoms with Crippen molar-refractivity contribution in [1.82, 2.24) is 5.32 Å². The molecule has 1 aromatic rings. The van der Waals surface area contributed by atoms with Crippen molar-refractivity contribution in [2.75, 3.05) is 19.8 Å². The van der Waals surface area contributed by atoms with Gasteiger partial charge >= 0.3 is 0 Å². The fourth-order valence-electron chi connectivity index (χ4n) is 1.34. The molecule has 0 spiro atoms. The summed E-state index contributed by atoms with van der Waals surface area (Å²) >= 11 is 6.04. The van der Waals surface area contributed by atoms with Crippen LogP contribution in [0.2, 0.25) is 5.02 Å². The van der Waals surface area contributed by atoms with Crippen LogP contribution < -0.4 is 10.1 Å². The summed E-state index contributed by atoms with van der Waals surface area (Å²) in [5.74, 6) is 0.620. The van der Waals surface area contributed by atoms with Gasteiger partial charge in [0.2, 0.25) is 0 Å². The maximum absolute atomic E-state index is 8.64. The quantitative estimate of drug-likeness (QED) is 0.722. The second-order valence-corrected chi connectivity index (χ2v) is 3.92. The molecule has 0 aliphatic rings. The SMILES string of the molecule is CCCNCc1ccc(OCCO)c(Cl)c1. The van der Waals surface area contributed by atoms with Gasteiger partial charge in [0.1, 0.15) is 12.4 Å². The first-order chi connectivity index (χ1) is 7.77. The maximum Gasteiger partial charge on any atom is 0.138 e. The van der Waals surface area contributed by atoms with Gasteiger partial charge in [0, 0.05) is 6.54 Å². The summed E-state index contributed by atoms with van der Waals surface area (Å²) in [5, 5.41) is 12.5. The molecule has 0 saturated heterocycles. The van der Waals surface area contributed by atoms with Crippen molar-refractivity contribution in [3.8, 4) is 5.75 Å². The van der Waals surface area contributed by atoms with Gasteiger partial charge in [0.25, 0.3) is 0 Å². The number of rotatable bonds is 7. The summed E-state index contributed by atoms with van der Waals surface area (Å²) in [6.07, 6.45) is 1.12. The first-order valence-electron chi connectivity index (χ1n) is 5.50. The highest BCUT2D eigenvalue weighted by Crippen LogP contribution is 2.25. The number of benzene rings is 1. The summed E-state index contributed by atoms with van der Waals surface area (Å²) in [6, 6.07) is 5.69. The standard InChI is InChI=1S/C12H18ClNO2/c1-2-5-14-9-10-3-4-12(11(13)8-10)16-7-6-15/h3-4,8,14-15H,2,5-7,9H2,1H3. The molecule has 4 heteroatoms. The van der Waals surface area contributed by atoms with Crippen molar-refractivity contribution in [2.45, 2.75) is 19.9 Å². The van der Waals surface area contributed by atoms with E-state index in [-0.39, 0.29) is 13.2 Å². The van der Waals surface area contributed by atoms with Crippen LogP contribution in [0.3, 0.4) is 0 Å². The molecule has 0 fully saturated rings. The molecular weight excluding hydrogens is 226 g/mol. The summed E-state index contributed by atoms with van der Waals surface area (Å²) in [6.45, 7) is 4.21. The van der Waals surface area contributed by atoms with Crippen LogP contribution in [0.25, 0.3) is 0 Å². The van der Waals surface area contributed by atoms with E-state index in [0.717, 1.165) is 25.1 Å². The third-order valence-corrected chi connectivity index (χ3v) is 2.40. The fraction of sp³-hybridized carbons (Fsp3) is 0.500. The van der Waals surface area contributed by atoms with Crippen LogP contribution in [0.5, 0.6) is 5.75 Å². The van der Waals surface area contributed by atoms with Crippen molar-refractivity contribution in [2.24, 2.45) is 0 Å². The Morgan fingerprint density at radius 1 is 1.44 bits per heavy atom. The average Bonchev–Trinajstić information content (AvgIpc) is 2.28. The van der Waals surface area contributed by atoms with Crippen molar-refractivity contribution < 1.29 is 9.84 Å². The zero-order chi connectivity index (χ0) is 11.8. The van der Waals surface area contributed by atoms with Gasteiger partial charge in [-0.15, -0.1) is 0 Å². The van der Waals surface area contributed by atoms with Crippen molar-refractivity contribution >= 4 is 11.6 Å². The van der Waals surface area contributed by atoms with E-state index in [0.29, 0.717) is 10.8 Å². The smallest absolute Gasteiger partial charge is 0.138 e. The lowest BCUT2D eigenvalue weighted by atomic mass is 10.2. The second kappa shape index (κ2) is 7.49. The molecule has 3 nitrogen and oxygen atoms in total. The molecule has 0 bridgehead atoms. The number of nitrogens with one attached hydrogen (secondary N) is 1. The Hall–Kier alpha value is -0.770. The summed E-state index contributed by atoms with van der Waals surface area (Å²) in [5.41, 5.74) is 1.13. The number of ether oxygens (including phenoxy) is 1. The lowest BCUT2D eigenvalue weighted by Crippen LogP contribution is -2.13. The predicted molar refractivity (Wildman–Crippen MR) is 66.0 cm³/mol. The van der Waals surface area contributed by atoms with Crippen LogP contribution in [0.15, 0.2) is 18.2 Å². The van der Waals surface area contributed by atoms with Crippen molar-refractivity contribution in [3.05, 3.63) is 28.8 Å². The van der Waals surface area contributed by atoms with Crippen LogP contribution in [0, 0.1) is 0 Å². The highest BCUT2D eigenvalue weighted by atomic mass is 35.5. The van der Waals surface area contributed by atoms with Gasteiger partial charge in [-0.25, -0.2) is 0 Å². The second-order valence-electron chi connectivity index (χ2n) is 3.51. The Bertz CT molecular complexity index is 318. The Balaban J connectivity index is 2.53. The van der Waals surface area contributed by atoms with E-state index in [4.69, 9.17) is 21.4 Å². The lowest BCUT2D eigenvalue weighted by Gasteiger charge is -2.09. The van der Waals surface area contributed by atoms with Gasteiger partial charge in [-0.05, 0) is 30.7 Å². The Morgan fingerprint density at radius 3 is 2.88 bits per heavy atom.